The molecule has 0 spiro atoms. The number of amides is 2. The van der Waals surface area contributed by atoms with Crippen molar-refractivity contribution in [1.29, 1.82) is 0 Å². The molecule has 1 aliphatic rings. The molecule has 0 aromatic heterocycles. The number of nitrogens with zero attached hydrogens (tertiary/aromatic N) is 1. The number of hydrogen-bond acceptors (Lipinski definition) is 5. The molecule has 1 aliphatic heterocycles. The molecule has 0 fully saturated rings. The van der Waals surface area contributed by atoms with Crippen LogP contribution in [0.2, 0.25) is 0 Å². The maximum absolute atomic E-state index is 12.7. The van der Waals surface area contributed by atoms with E-state index in [1.165, 1.54) is 0 Å². The number of rotatable bonds is 8. The van der Waals surface area contributed by atoms with E-state index < -0.39 is 0 Å². The fourth-order valence-electron chi connectivity index (χ4n) is 3.65. The maximum atomic E-state index is 12.7. The largest absolute Gasteiger partial charge is 0.486 e. The zero-order chi connectivity index (χ0) is 23.0. The van der Waals surface area contributed by atoms with Gasteiger partial charge in [-0.05, 0) is 42.4 Å². The highest BCUT2D eigenvalue weighted by molar-refractivity contribution is 6.04. The van der Waals surface area contributed by atoms with E-state index in [0.717, 1.165) is 22.6 Å². The summed E-state index contributed by atoms with van der Waals surface area (Å²) in [4.78, 5) is 27.3. The van der Waals surface area contributed by atoms with Crippen molar-refractivity contribution in [3.63, 3.8) is 0 Å². The average Bonchev–Trinajstić information content (AvgIpc) is 2.83. The van der Waals surface area contributed by atoms with Crippen LogP contribution in [0, 0.1) is 0 Å². The first-order valence-electron chi connectivity index (χ1n) is 10.9. The van der Waals surface area contributed by atoms with Crippen LogP contribution in [-0.2, 0) is 17.9 Å². The molecule has 0 unspecified atom stereocenters. The molecule has 0 aliphatic carbocycles. The van der Waals surface area contributed by atoms with Crippen molar-refractivity contribution in [2.45, 2.75) is 13.1 Å². The molecule has 4 rings (SSSR count). The lowest BCUT2D eigenvalue weighted by atomic mass is 10.1. The number of carbonyl (C=O) groups excluding carboxylic acids is 2. The van der Waals surface area contributed by atoms with Crippen molar-refractivity contribution in [2.75, 3.05) is 32.1 Å². The highest BCUT2D eigenvalue weighted by Gasteiger charge is 2.16. The van der Waals surface area contributed by atoms with Crippen LogP contribution in [0.3, 0.4) is 0 Å². The summed E-state index contributed by atoms with van der Waals surface area (Å²) in [5.41, 5.74) is 2.94. The fraction of sp³-hybridized carbons (Fsp3) is 0.231. The van der Waals surface area contributed by atoms with Crippen molar-refractivity contribution >= 4 is 17.5 Å². The molecule has 3 aromatic carbocycles. The summed E-state index contributed by atoms with van der Waals surface area (Å²) in [5.74, 6) is 1.04. The fourth-order valence-corrected chi connectivity index (χ4v) is 3.65. The lowest BCUT2D eigenvalue weighted by Crippen LogP contribution is -2.31. The topological polar surface area (TPSA) is 79.9 Å². The lowest BCUT2D eigenvalue weighted by molar-refractivity contribution is -0.117. The third kappa shape index (κ3) is 6.11. The van der Waals surface area contributed by atoms with Gasteiger partial charge in [-0.25, -0.2) is 0 Å². The molecule has 33 heavy (non-hydrogen) atoms. The zero-order valence-corrected chi connectivity index (χ0v) is 18.5. The minimum Gasteiger partial charge on any atom is -0.486 e. The van der Waals surface area contributed by atoms with Crippen molar-refractivity contribution in [1.82, 2.24) is 10.2 Å². The van der Waals surface area contributed by atoms with Gasteiger partial charge in [0.2, 0.25) is 5.91 Å². The standard InChI is InChI=1S/C26H27N3O4/c1-29(17-20-11-12-23-24(15-20)33-14-13-32-23)18-25(30)28-22-10-6-5-9-21(22)26(31)27-16-19-7-3-2-4-8-19/h2-12,15H,13-14,16-18H2,1H3,(H,27,31)(H,28,30). The summed E-state index contributed by atoms with van der Waals surface area (Å²) < 4.78 is 11.2. The third-order valence-electron chi connectivity index (χ3n) is 5.21. The molecule has 2 N–H and O–H groups in total. The Hall–Kier alpha value is -3.84. The van der Waals surface area contributed by atoms with Crippen LogP contribution < -0.4 is 20.1 Å². The first kappa shape index (κ1) is 22.4. The maximum Gasteiger partial charge on any atom is 0.253 e. The van der Waals surface area contributed by atoms with E-state index in [0.29, 0.717) is 37.6 Å². The summed E-state index contributed by atoms with van der Waals surface area (Å²) in [5, 5.41) is 5.77. The second-order valence-electron chi connectivity index (χ2n) is 7.91. The van der Waals surface area contributed by atoms with Gasteiger partial charge >= 0.3 is 0 Å². The number of para-hydroxylation sites is 1. The lowest BCUT2D eigenvalue weighted by Gasteiger charge is -2.21. The Morgan fingerprint density at radius 3 is 2.42 bits per heavy atom. The van der Waals surface area contributed by atoms with Gasteiger partial charge < -0.3 is 20.1 Å². The van der Waals surface area contributed by atoms with Crippen molar-refractivity contribution in [3.8, 4) is 11.5 Å². The quantitative estimate of drug-likeness (QED) is 0.555. The number of ether oxygens (including phenoxy) is 2. The van der Waals surface area contributed by atoms with Gasteiger partial charge in [-0.3, -0.25) is 14.5 Å². The summed E-state index contributed by atoms with van der Waals surface area (Å²) in [6.07, 6.45) is 0. The summed E-state index contributed by atoms with van der Waals surface area (Å²) in [6, 6.07) is 22.5. The molecule has 1 heterocycles. The van der Waals surface area contributed by atoms with Gasteiger partial charge in [-0.15, -0.1) is 0 Å². The Labute approximate surface area is 193 Å². The number of carbonyl (C=O) groups is 2. The molecule has 0 radical (unpaired) electrons. The van der Waals surface area contributed by atoms with Crippen LogP contribution in [0.5, 0.6) is 11.5 Å². The van der Waals surface area contributed by atoms with Gasteiger partial charge in [0.05, 0.1) is 17.8 Å². The van der Waals surface area contributed by atoms with Crippen LogP contribution in [-0.4, -0.2) is 43.5 Å². The SMILES string of the molecule is CN(CC(=O)Nc1ccccc1C(=O)NCc1ccccc1)Cc1ccc2c(c1)OCCO2. The molecular weight excluding hydrogens is 418 g/mol. The Bertz CT molecular complexity index is 1120. The molecule has 0 bridgehead atoms. The highest BCUT2D eigenvalue weighted by Crippen LogP contribution is 2.31. The Morgan fingerprint density at radius 2 is 1.61 bits per heavy atom. The second kappa shape index (κ2) is 10.7. The first-order chi connectivity index (χ1) is 16.1. The normalized spacial score (nSPS) is 12.3. The van der Waals surface area contributed by atoms with E-state index in [4.69, 9.17) is 9.47 Å². The smallest absolute Gasteiger partial charge is 0.253 e. The first-order valence-corrected chi connectivity index (χ1v) is 10.9. The molecular formula is C26H27N3O4. The predicted molar refractivity (Wildman–Crippen MR) is 126 cm³/mol. The minimum atomic E-state index is -0.237. The van der Waals surface area contributed by atoms with E-state index >= 15 is 0 Å². The van der Waals surface area contributed by atoms with Crippen LogP contribution in [0.25, 0.3) is 0 Å². The van der Waals surface area contributed by atoms with Crippen molar-refractivity contribution in [2.24, 2.45) is 0 Å². The highest BCUT2D eigenvalue weighted by atomic mass is 16.6. The molecule has 0 saturated heterocycles. The molecule has 2 amide bonds. The van der Waals surface area contributed by atoms with Crippen molar-refractivity contribution in [3.05, 3.63) is 89.5 Å². The Kier molecular flexibility index (Phi) is 7.22. The number of benzene rings is 3. The third-order valence-corrected chi connectivity index (χ3v) is 5.21. The van der Waals surface area contributed by atoms with Gasteiger partial charge in [0.25, 0.3) is 5.91 Å². The zero-order valence-electron chi connectivity index (χ0n) is 18.5. The van der Waals surface area contributed by atoms with Gasteiger partial charge in [0, 0.05) is 13.1 Å². The van der Waals surface area contributed by atoms with Crippen LogP contribution in [0.15, 0.2) is 72.8 Å². The van der Waals surface area contributed by atoms with E-state index in [1.54, 1.807) is 24.3 Å². The van der Waals surface area contributed by atoms with Gasteiger partial charge in [0.15, 0.2) is 11.5 Å². The summed E-state index contributed by atoms with van der Waals surface area (Å²) in [6.45, 7) is 2.25. The number of hydrogen-bond donors (Lipinski definition) is 2. The van der Waals surface area contributed by atoms with E-state index in [9.17, 15) is 9.59 Å². The van der Waals surface area contributed by atoms with Crippen LogP contribution in [0.4, 0.5) is 5.69 Å². The molecule has 7 nitrogen and oxygen atoms in total. The molecule has 0 atom stereocenters. The predicted octanol–water partition coefficient (Wildman–Crippen LogP) is 3.46. The summed E-state index contributed by atoms with van der Waals surface area (Å²) >= 11 is 0. The van der Waals surface area contributed by atoms with Crippen LogP contribution >= 0.6 is 0 Å². The Morgan fingerprint density at radius 1 is 0.879 bits per heavy atom. The van der Waals surface area contributed by atoms with E-state index in [2.05, 4.69) is 10.6 Å². The van der Waals surface area contributed by atoms with E-state index in [-0.39, 0.29) is 18.4 Å². The van der Waals surface area contributed by atoms with E-state index in [1.807, 2.05) is 60.5 Å². The summed E-state index contributed by atoms with van der Waals surface area (Å²) in [7, 11) is 1.87. The van der Waals surface area contributed by atoms with Gasteiger partial charge in [0.1, 0.15) is 13.2 Å². The number of fused-ring (bicyclic) bond motifs is 1. The van der Waals surface area contributed by atoms with Crippen LogP contribution in [0.1, 0.15) is 21.5 Å². The Balaban J connectivity index is 1.33. The minimum absolute atomic E-state index is 0.175. The van der Waals surface area contributed by atoms with Gasteiger partial charge in [-0.2, -0.15) is 0 Å². The molecule has 0 saturated carbocycles. The number of anilines is 1. The number of nitrogens with one attached hydrogen (secondary N) is 2. The second-order valence-corrected chi connectivity index (χ2v) is 7.91. The molecule has 170 valence electrons. The van der Waals surface area contributed by atoms with Crippen molar-refractivity contribution < 1.29 is 19.1 Å². The molecule has 3 aromatic rings. The monoisotopic (exact) mass is 445 g/mol. The number of likely N-dealkylation sites (N-methyl/N-ethyl adjacent to an activating group) is 1. The van der Waals surface area contributed by atoms with Gasteiger partial charge in [-0.1, -0.05) is 48.5 Å². The molecule has 7 heteroatoms. The average molecular weight is 446 g/mol.